The Hall–Kier alpha value is -2.73. The third-order valence-electron chi connectivity index (χ3n) is 3.31. The second-order valence-corrected chi connectivity index (χ2v) is 6.29. The highest BCUT2D eigenvalue weighted by Crippen LogP contribution is 2.16. The van der Waals surface area contributed by atoms with E-state index in [0.717, 1.165) is 0 Å². The Bertz CT molecular complexity index is 748. The molecule has 0 aliphatic carbocycles. The summed E-state index contributed by atoms with van der Waals surface area (Å²) in [5.74, 6) is 0.390. The molecule has 6 nitrogen and oxygen atoms in total. The van der Waals surface area contributed by atoms with Crippen LogP contribution in [0.1, 0.15) is 24.2 Å². The third-order valence-corrected chi connectivity index (χ3v) is 3.56. The number of ether oxygens (including phenoxy) is 1. The highest BCUT2D eigenvalue weighted by Gasteiger charge is 2.13. The van der Waals surface area contributed by atoms with Gasteiger partial charge in [0.1, 0.15) is 12.4 Å². The molecule has 0 bridgehead atoms. The lowest BCUT2D eigenvalue weighted by Crippen LogP contribution is -2.35. The van der Waals surface area contributed by atoms with Gasteiger partial charge in [0.05, 0.1) is 17.8 Å². The molecule has 3 amide bonds. The van der Waals surface area contributed by atoms with Crippen molar-refractivity contribution in [3.05, 3.63) is 59.1 Å². The van der Waals surface area contributed by atoms with Crippen LogP contribution >= 0.6 is 11.6 Å². The van der Waals surface area contributed by atoms with Crippen LogP contribution in [0.25, 0.3) is 0 Å². The fraction of sp³-hybridized carbons (Fsp3) is 0.263. The summed E-state index contributed by atoms with van der Waals surface area (Å²) in [6, 6.07) is 13.5. The van der Waals surface area contributed by atoms with E-state index in [0.29, 0.717) is 35.2 Å². The zero-order chi connectivity index (χ0) is 18.9. The minimum Gasteiger partial charge on any atom is -0.492 e. The maximum atomic E-state index is 12.4. The van der Waals surface area contributed by atoms with Gasteiger partial charge in [0.25, 0.3) is 5.91 Å². The number of carbonyl (C=O) groups excluding carboxylic acids is 2. The molecule has 0 fully saturated rings. The van der Waals surface area contributed by atoms with E-state index in [2.05, 4.69) is 16.0 Å². The highest BCUT2D eigenvalue weighted by molar-refractivity contribution is 6.30. The van der Waals surface area contributed by atoms with Gasteiger partial charge in [-0.15, -0.1) is 0 Å². The minimum atomic E-state index is -0.355. The van der Waals surface area contributed by atoms with Crippen LogP contribution in [-0.4, -0.2) is 31.1 Å². The number of amides is 3. The van der Waals surface area contributed by atoms with Crippen molar-refractivity contribution in [2.75, 3.05) is 18.5 Å². The molecule has 0 atom stereocenters. The smallest absolute Gasteiger partial charge is 0.319 e. The number of carbonyl (C=O) groups is 2. The fourth-order valence-electron chi connectivity index (χ4n) is 2.17. The van der Waals surface area contributed by atoms with Crippen LogP contribution in [0.5, 0.6) is 5.75 Å². The van der Waals surface area contributed by atoms with Crippen LogP contribution in [0.4, 0.5) is 10.5 Å². The summed E-state index contributed by atoms with van der Waals surface area (Å²) in [4.78, 5) is 24.2. The van der Waals surface area contributed by atoms with E-state index in [9.17, 15) is 9.59 Å². The standard InChI is InChI=1S/C19H22ClN3O3/c1-13(2)22-19(25)23-17-6-4-3-5-16(17)18(24)21-11-12-26-15-9-7-14(20)8-10-15/h3-10,13H,11-12H2,1-2H3,(H,21,24)(H2,22,23,25). The van der Waals surface area contributed by atoms with Crippen LogP contribution in [-0.2, 0) is 0 Å². The van der Waals surface area contributed by atoms with Gasteiger partial charge in [0.2, 0.25) is 0 Å². The summed E-state index contributed by atoms with van der Waals surface area (Å²) < 4.78 is 5.53. The monoisotopic (exact) mass is 375 g/mol. The Morgan fingerprint density at radius 2 is 1.77 bits per heavy atom. The second-order valence-electron chi connectivity index (χ2n) is 5.86. The summed E-state index contributed by atoms with van der Waals surface area (Å²) in [6.07, 6.45) is 0. The van der Waals surface area contributed by atoms with Crippen LogP contribution in [0, 0.1) is 0 Å². The van der Waals surface area contributed by atoms with Crippen molar-refractivity contribution in [1.82, 2.24) is 10.6 Å². The predicted molar refractivity (Wildman–Crippen MR) is 103 cm³/mol. The first-order valence-electron chi connectivity index (χ1n) is 8.29. The molecule has 0 saturated carbocycles. The molecule has 2 aromatic carbocycles. The number of hydrogen-bond acceptors (Lipinski definition) is 3. The van der Waals surface area contributed by atoms with Gasteiger partial charge in [-0.3, -0.25) is 4.79 Å². The summed E-state index contributed by atoms with van der Waals surface area (Å²) in [6.45, 7) is 4.36. The molecule has 26 heavy (non-hydrogen) atoms. The quantitative estimate of drug-likeness (QED) is 0.646. The molecule has 0 heterocycles. The first kappa shape index (κ1) is 19.6. The van der Waals surface area contributed by atoms with Crippen molar-refractivity contribution in [3.63, 3.8) is 0 Å². The molecule has 0 spiro atoms. The van der Waals surface area contributed by atoms with Gasteiger partial charge < -0.3 is 20.7 Å². The maximum absolute atomic E-state index is 12.4. The molecule has 2 aromatic rings. The van der Waals surface area contributed by atoms with Crippen LogP contribution in [0.2, 0.25) is 5.02 Å². The molecular weight excluding hydrogens is 354 g/mol. The minimum absolute atomic E-state index is 0.000931. The van der Waals surface area contributed by atoms with Crippen molar-refractivity contribution in [2.45, 2.75) is 19.9 Å². The van der Waals surface area contributed by atoms with Crippen molar-refractivity contribution in [2.24, 2.45) is 0 Å². The third kappa shape index (κ3) is 6.29. The lowest BCUT2D eigenvalue weighted by Gasteiger charge is -2.13. The Kier molecular flexibility index (Phi) is 7.29. The normalized spacial score (nSPS) is 10.3. The number of halogens is 1. The Labute approximate surface area is 157 Å². The first-order valence-corrected chi connectivity index (χ1v) is 8.66. The summed E-state index contributed by atoms with van der Waals surface area (Å²) in [7, 11) is 0. The van der Waals surface area contributed by atoms with Crippen molar-refractivity contribution in [3.8, 4) is 5.75 Å². The summed E-state index contributed by atoms with van der Waals surface area (Å²) >= 11 is 5.81. The molecular formula is C19H22ClN3O3. The van der Waals surface area contributed by atoms with E-state index in [1.54, 1.807) is 48.5 Å². The van der Waals surface area contributed by atoms with Gasteiger partial charge in [0.15, 0.2) is 0 Å². The van der Waals surface area contributed by atoms with Crippen molar-refractivity contribution in [1.29, 1.82) is 0 Å². The average Bonchev–Trinajstić information content (AvgIpc) is 2.60. The van der Waals surface area contributed by atoms with E-state index >= 15 is 0 Å². The number of para-hydroxylation sites is 1. The van der Waals surface area contributed by atoms with Gasteiger partial charge in [-0.05, 0) is 50.2 Å². The number of urea groups is 1. The van der Waals surface area contributed by atoms with Crippen LogP contribution in [0.3, 0.4) is 0 Å². The lowest BCUT2D eigenvalue weighted by atomic mass is 10.1. The number of hydrogen-bond donors (Lipinski definition) is 3. The summed E-state index contributed by atoms with van der Waals surface area (Å²) in [5.41, 5.74) is 0.833. The molecule has 2 rings (SSSR count). The molecule has 0 aromatic heterocycles. The van der Waals surface area contributed by atoms with Gasteiger partial charge in [-0.2, -0.15) is 0 Å². The van der Waals surface area contributed by atoms with Gasteiger partial charge in [-0.25, -0.2) is 4.79 Å². The lowest BCUT2D eigenvalue weighted by molar-refractivity contribution is 0.0948. The van der Waals surface area contributed by atoms with Crippen LogP contribution in [0.15, 0.2) is 48.5 Å². The van der Waals surface area contributed by atoms with E-state index in [4.69, 9.17) is 16.3 Å². The first-order chi connectivity index (χ1) is 12.5. The molecule has 3 N–H and O–H groups in total. The zero-order valence-electron chi connectivity index (χ0n) is 14.7. The molecule has 0 saturated heterocycles. The number of anilines is 1. The van der Waals surface area contributed by atoms with E-state index in [-0.39, 0.29) is 18.0 Å². The molecule has 0 aliphatic rings. The molecule has 0 unspecified atom stereocenters. The number of benzene rings is 2. The second kappa shape index (κ2) is 9.68. The van der Waals surface area contributed by atoms with Crippen LogP contribution < -0.4 is 20.7 Å². The molecule has 0 radical (unpaired) electrons. The average molecular weight is 376 g/mol. The van der Waals surface area contributed by atoms with E-state index in [1.807, 2.05) is 13.8 Å². The molecule has 138 valence electrons. The Morgan fingerprint density at radius 3 is 2.46 bits per heavy atom. The molecule has 0 aliphatic heterocycles. The number of rotatable bonds is 7. The van der Waals surface area contributed by atoms with Gasteiger partial charge in [0, 0.05) is 11.1 Å². The Morgan fingerprint density at radius 1 is 1.08 bits per heavy atom. The SMILES string of the molecule is CC(C)NC(=O)Nc1ccccc1C(=O)NCCOc1ccc(Cl)cc1. The molecule has 7 heteroatoms. The largest absolute Gasteiger partial charge is 0.492 e. The zero-order valence-corrected chi connectivity index (χ0v) is 15.5. The topological polar surface area (TPSA) is 79.5 Å². The summed E-state index contributed by atoms with van der Waals surface area (Å²) in [5, 5.41) is 8.82. The fourth-order valence-corrected chi connectivity index (χ4v) is 2.30. The predicted octanol–water partition coefficient (Wildman–Crippen LogP) is 3.68. The Balaban J connectivity index is 1.86. The van der Waals surface area contributed by atoms with E-state index in [1.165, 1.54) is 0 Å². The van der Waals surface area contributed by atoms with E-state index < -0.39 is 0 Å². The highest BCUT2D eigenvalue weighted by atomic mass is 35.5. The maximum Gasteiger partial charge on any atom is 0.319 e. The van der Waals surface area contributed by atoms with Crippen molar-refractivity contribution >= 4 is 29.2 Å². The number of nitrogens with one attached hydrogen (secondary N) is 3. The van der Waals surface area contributed by atoms with Gasteiger partial charge >= 0.3 is 6.03 Å². The van der Waals surface area contributed by atoms with Gasteiger partial charge in [-0.1, -0.05) is 23.7 Å². The van der Waals surface area contributed by atoms with Crippen molar-refractivity contribution < 1.29 is 14.3 Å².